The van der Waals surface area contributed by atoms with Gasteiger partial charge >= 0.3 is 5.97 Å². The lowest BCUT2D eigenvalue weighted by Crippen LogP contribution is -2.35. The van der Waals surface area contributed by atoms with E-state index < -0.39 is 0 Å². The lowest BCUT2D eigenvalue weighted by atomic mass is 10.1. The predicted molar refractivity (Wildman–Crippen MR) is 58.3 cm³/mol. The van der Waals surface area contributed by atoms with E-state index >= 15 is 0 Å². The molecule has 0 saturated carbocycles. The van der Waals surface area contributed by atoms with Crippen molar-refractivity contribution in [3.8, 4) is 0 Å². The maximum Gasteiger partial charge on any atom is 0.320 e. The minimum Gasteiger partial charge on any atom is -0.465 e. The first-order chi connectivity index (χ1) is 6.83. The van der Waals surface area contributed by atoms with Crippen molar-refractivity contribution in [2.75, 3.05) is 26.2 Å². The van der Waals surface area contributed by atoms with Crippen molar-refractivity contribution in [1.29, 1.82) is 0 Å². The lowest BCUT2D eigenvalue weighted by Gasteiger charge is -2.24. The van der Waals surface area contributed by atoms with Gasteiger partial charge in [-0.2, -0.15) is 0 Å². The number of nitrogens with zero attached hydrogens (tertiary/aromatic N) is 1. The normalized spacial score (nSPS) is 16.8. The molecular weight excluding hydrogens is 178 g/mol. The number of hydrogen-bond acceptors (Lipinski definition) is 3. The summed E-state index contributed by atoms with van der Waals surface area (Å²) in [6.07, 6.45) is 3.75. The van der Waals surface area contributed by atoms with E-state index in [9.17, 15) is 4.79 Å². The van der Waals surface area contributed by atoms with E-state index in [-0.39, 0.29) is 5.97 Å². The molecule has 1 aliphatic heterocycles. The summed E-state index contributed by atoms with van der Waals surface area (Å²) in [5, 5.41) is 0. The Balaban J connectivity index is 0.000000791. The molecule has 0 aliphatic carbocycles. The van der Waals surface area contributed by atoms with Gasteiger partial charge in [-0.25, -0.2) is 0 Å². The molecule has 3 nitrogen and oxygen atoms in total. The van der Waals surface area contributed by atoms with Crippen LogP contribution in [0.25, 0.3) is 0 Å². The SMILES string of the molecule is CC.CCOC(=O)CN1CCCCC1. The molecule has 0 radical (unpaired) electrons. The minimum absolute atomic E-state index is 0.0839. The molecule has 0 atom stereocenters. The molecule has 14 heavy (non-hydrogen) atoms. The van der Waals surface area contributed by atoms with Gasteiger partial charge in [0.15, 0.2) is 0 Å². The Kier molecular flexibility index (Phi) is 8.64. The third-order valence-corrected chi connectivity index (χ3v) is 2.11. The second kappa shape index (κ2) is 9.00. The topological polar surface area (TPSA) is 29.5 Å². The van der Waals surface area contributed by atoms with E-state index in [4.69, 9.17) is 4.74 Å². The van der Waals surface area contributed by atoms with Crippen molar-refractivity contribution in [2.45, 2.75) is 40.0 Å². The highest BCUT2D eigenvalue weighted by molar-refractivity contribution is 5.71. The lowest BCUT2D eigenvalue weighted by molar-refractivity contribution is -0.144. The van der Waals surface area contributed by atoms with Gasteiger partial charge in [-0.1, -0.05) is 20.3 Å². The van der Waals surface area contributed by atoms with Crippen molar-refractivity contribution in [3.63, 3.8) is 0 Å². The Morgan fingerprint density at radius 1 is 1.21 bits per heavy atom. The number of likely N-dealkylation sites (tertiary alicyclic amines) is 1. The summed E-state index contributed by atoms with van der Waals surface area (Å²) in [5.41, 5.74) is 0. The molecule has 1 saturated heterocycles. The Labute approximate surface area is 87.4 Å². The summed E-state index contributed by atoms with van der Waals surface area (Å²) in [6, 6.07) is 0. The minimum atomic E-state index is -0.0839. The monoisotopic (exact) mass is 201 g/mol. The van der Waals surface area contributed by atoms with Gasteiger partial charge in [0.1, 0.15) is 0 Å². The quantitative estimate of drug-likeness (QED) is 0.655. The van der Waals surface area contributed by atoms with Crippen LogP contribution in [0.1, 0.15) is 40.0 Å². The number of carbonyl (C=O) groups excluding carboxylic acids is 1. The number of rotatable bonds is 3. The fourth-order valence-corrected chi connectivity index (χ4v) is 1.51. The average Bonchev–Trinajstić information content (AvgIpc) is 2.22. The summed E-state index contributed by atoms with van der Waals surface area (Å²) in [7, 11) is 0. The highest BCUT2D eigenvalue weighted by Crippen LogP contribution is 2.07. The summed E-state index contributed by atoms with van der Waals surface area (Å²) < 4.78 is 4.86. The zero-order chi connectivity index (χ0) is 10.8. The van der Waals surface area contributed by atoms with Crippen molar-refractivity contribution in [3.05, 3.63) is 0 Å². The molecule has 0 aromatic heterocycles. The van der Waals surface area contributed by atoms with Crippen LogP contribution < -0.4 is 0 Å². The van der Waals surface area contributed by atoms with Gasteiger partial charge in [-0.15, -0.1) is 0 Å². The molecule has 0 amide bonds. The molecule has 0 spiro atoms. The highest BCUT2D eigenvalue weighted by Gasteiger charge is 2.13. The highest BCUT2D eigenvalue weighted by atomic mass is 16.5. The van der Waals surface area contributed by atoms with Gasteiger partial charge in [-0.05, 0) is 32.9 Å². The van der Waals surface area contributed by atoms with Crippen LogP contribution in [0.5, 0.6) is 0 Å². The summed E-state index contributed by atoms with van der Waals surface area (Å²) in [6.45, 7) is 8.92. The number of ether oxygens (including phenoxy) is 1. The third kappa shape index (κ3) is 5.97. The zero-order valence-corrected chi connectivity index (χ0v) is 9.71. The van der Waals surface area contributed by atoms with E-state index in [1.807, 2.05) is 20.8 Å². The smallest absolute Gasteiger partial charge is 0.320 e. The van der Waals surface area contributed by atoms with Crippen molar-refractivity contribution >= 4 is 5.97 Å². The van der Waals surface area contributed by atoms with E-state index in [1.165, 1.54) is 19.3 Å². The Bertz CT molecular complexity index is 142. The number of piperidine rings is 1. The van der Waals surface area contributed by atoms with Crippen LogP contribution in [0.15, 0.2) is 0 Å². The standard InChI is InChI=1S/C9H17NO2.C2H6/c1-2-12-9(11)8-10-6-4-3-5-7-10;1-2/h2-8H2,1H3;1-2H3. The number of carbonyl (C=O) groups is 1. The summed E-state index contributed by atoms with van der Waals surface area (Å²) >= 11 is 0. The van der Waals surface area contributed by atoms with Gasteiger partial charge in [0, 0.05) is 0 Å². The second-order valence-electron chi connectivity index (χ2n) is 3.14. The largest absolute Gasteiger partial charge is 0.465 e. The summed E-state index contributed by atoms with van der Waals surface area (Å²) in [4.78, 5) is 13.2. The molecule has 1 heterocycles. The van der Waals surface area contributed by atoms with Gasteiger partial charge in [0.25, 0.3) is 0 Å². The Hall–Kier alpha value is -0.570. The fourth-order valence-electron chi connectivity index (χ4n) is 1.51. The molecule has 3 heteroatoms. The van der Waals surface area contributed by atoms with E-state index in [2.05, 4.69) is 4.90 Å². The molecule has 0 unspecified atom stereocenters. The van der Waals surface area contributed by atoms with E-state index in [1.54, 1.807) is 0 Å². The molecule has 1 fully saturated rings. The van der Waals surface area contributed by atoms with Crippen LogP contribution in [0.4, 0.5) is 0 Å². The first-order valence-corrected chi connectivity index (χ1v) is 5.71. The molecule has 84 valence electrons. The molecule has 0 bridgehead atoms. The van der Waals surface area contributed by atoms with E-state index in [0.29, 0.717) is 13.2 Å². The van der Waals surface area contributed by atoms with Crippen molar-refractivity contribution in [1.82, 2.24) is 4.90 Å². The Morgan fingerprint density at radius 3 is 2.29 bits per heavy atom. The number of esters is 1. The third-order valence-electron chi connectivity index (χ3n) is 2.11. The first-order valence-electron chi connectivity index (χ1n) is 5.71. The van der Waals surface area contributed by atoms with Crippen molar-refractivity contribution < 1.29 is 9.53 Å². The molecular formula is C11H23NO2. The Morgan fingerprint density at radius 2 is 1.79 bits per heavy atom. The van der Waals surface area contributed by atoms with Gasteiger partial charge in [-0.3, -0.25) is 9.69 Å². The molecule has 1 aliphatic rings. The number of hydrogen-bond donors (Lipinski definition) is 0. The van der Waals surface area contributed by atoms with Crippen LogP contribution in [-0.4, -0.2) is 37.1 Å². The predicted octanol–water partition coefficient (Wildman–Crippen LogP) is 2.06. The van der Waals surface area contributed by atoms with Crippen LogP contribution in [0, 0.1) is 0 Å². The van der Waals surface area contributed by atoms with Crippen LogP contribution in [-0.2, 0) is 9.53 Å². The molecule has 0 aromatic carbocycles. The molecule has 0 N–H and O–H groups in total. The second-order valence-corrected chi connectivity index (χ2v) is 3.14. The first kappa shape index (κ1) is 13.4. The maximum absolute atomic E-state index is 11.0. The maximum atomic E-state index is 11.0. The molecule has 0 aromatic rings. The van der Waals surface area contributed by atoms with Crippen LogP contribution in [0.2, 0.25) is 0 Å². The zero-order valence-electron chi connectivity index (χ0n) is 9.71. The van der Waals surface area contributed by atoms with E-state index in [0.717, 1.165) is 13.1 Å². The summed E-state index contributed by atoms with van der Waals surface area (Å²) in [5.74, 6) is -0.0839. The fraction of sp³-hybridized carbons (Fsp3) is 0.909. The molecule has 1 rings (SSSR count). The van der Waals surface area contributed by atoms with Crippen LogP contribution in [0.3, 0.4) is 0 Å². The van der Waals surface area contributed by atoms with Gasteiger partial charge in [0.2, 0.25) is 0 Å². The average molecular weight is 201 g/mol. The van der Waals surface area contributed by atoms with Gasteiger partial charge < -0.3 is 4.74 Å². The van der Waals surface area contributed by atoms with Gasteiger partial charge in [0.05, 0.1) is 13.2 Å². The van der Waals surface area contributed by atoms with Crippen molar-refractivity contribution in [2.24, 2.45) is 0 Å². The van der Waals surface area contributed by atoms with Crippen LogP contribution >= 0.6 is 0 Å².